The van der Waals surface area contributed by atoms with Crippen molar-refractivity contribution >= 4 is 0 Å². The highest BCUT2D eigenvalue weighted by molar-refractivity contribution is 5.31. The number of hydrogen-bond donors (Lipinski definition) is 1. The van der Waals surface area contributed by atoms with E-state index in [9.17, 15) is 4.39 Å². The van der Waals surface area contributed by atoms with Gasteiger partial charge in [-0.05, 0) is 25.5 Å². The van der Waals surface area contributed by atoms with Crippen molar-refractivity contribution in [3.05, 3.63) is 41.5 Å². The SMILES string of the molecule is COc1cccc(Cn2cc(CCCN)nn2)c1F. The van der Waals surface area contributed by atoms with Crippen LogP contribution in [0.5, 0.6) is 5.75 Å². The molecule has 6 heteroatoms. The minimum absolute atomic E-state index is 0.237. The number of benzene rings is 1. The molecule has 1 aromatic carbocycles. The summed E-state index contributed by atoms with van der Waals surface area (Å²) in [5.41, 5.74) is 6.83. The number of hydrogen-bond acceptors (Lipinski definition) is 4. The van der Waals surface area contributed by atoms with Crippen molar-refractivity contribution in [2.45, 2.75) is 19.4 Å². The largest absolute Gasteiger partial charge is 0.494 e. The molecule has 0 radical (unpaired) electrons. The van der Waals surface area contributed by atoms with Gasteiger partial charge < -0.3 is 10.5 Å². The topological polar surface area (TPSA) is 66.0 Å². The highest BCUT2D eigenvalue weighted by Crippen LogP contribution is 2.20. The summed E-state index contributed by atoms with van der Waals surface area (Å²) in [7, 11) is 1.45. The fourth-order valence-electron chi connectivity index (χ4n) is 1.82. The van der Waals surface area contributed by atoms with Crippen molar-refractivity contribution < 1.29 is 9.13 Å². The Balaban J connectivity index is 2.10. The molecule has 5 nitrogen and oxygen atoms in total. The van der Waals surface area contributed by atoms with Gasteiger partial charge in [-0.15, -0.1) is 5.10 Å². The van der Waals surface area contributed by atoms with Crippen molar-refractivity contribution in [1.82, 2.24) is 15.0 Å². The van der Waals surface area contributed by atoms with E-state index >= 15 is 0 Å². The molecule has 2 N–H and O–H groups in total. The lowest BCUT2D eigenvalue weighted by Gasteiger charge is -2.06. The van der Waals surface area contributed by atoms with Gasteiger partial charge in [0.05, 0.1) is 19.3 Å². The van der Waals surface area contributed by atoms with E-state index in [0.717, 1.165) is 18.5 Å². The molecule has 0 saturated heterocycles. The number of nitrogens with zero attached hydrogens (tertiary/aromatic N) is 3. The van der Waals surface area contributed by atoms with Crippen LogP contribution in [0.4, 0.5) is 4.39 Å². The summed E-state index contributed by atoms with van der Waals surface area (Å²) in [4.78, 5) is 0. The first-order valence-corrected chi connectivity index (χ1v) is 6.15. The molecule has 2 aromatic rings. The number of aromatic nitrogens is 3. The second-order valence-corrected chi connectivity index (χ2v) is 4.23. The molecule has 0 bridgehead atoms. The maximum atomic E-state index is 14.0. The van der Waals surface area contributed by atoms with Gasteiger partial charge in [0.2, 0.25) is 0 Å². The number of methoxy groups -OCH3 is 1. The summed E-state index contributed by atoms with van der Waals surface area (Å²) >= 11 is 0. The number of ether oxygens (including phenoxy) is 1. The highest BCUT2D eigenvalue weighted by Gasteiger charge is 2.09. The summed E-state index contributed by atoms with van der Waals surface area (Å²) in [6, 6.07) is 5.05. The van der Waals surface area contributed by atoms with Gasteiger partial charge in [-0.25, -0.2) is 9.07 Å². The van der Waals surface area contributed by atoms with Crippen LogP contribution >= 0.6 is 0 Å². The molecule has 0 aliphatic heterocycles. The average Bonchev–Trinajstić information content (AvgIpc) is 2.86. The van der Waals surface area contributed by atoms with Crippen LogP contribution in [-0.2, 0) is 13.0 Å². The lowest BCUT2D eigenvalue weighted by molar-refractivity contribution is 0.383. The first-order valence-electron chi connectivity index (χ1n) is 6.15. The van der Waals surface area contributed by atoms with Crippen LogP contribution in [0.2, 0.25) is 0 Å². The molecule has 0 unspecified atom stereocenters. The third-order valence-electron chi connectivity index (χ3n) is 2.82. The van der Waals surface area contributed by atoms with Gasteiger partial charge in [0, 0.05) is 11.8 Å². The standard InChI is InChI=1S/C13H17FN4O/c1-19-12-6-2-4-10(13(12)14)8-18-9-11(16-17-18)5-3-7-15/h2,4,6,9H,3,5,7-8,15H2,1H3. The first kappa shape index (κ1) is 13.5. The molecule has 19 heavy (non-hydrogen) atoms. The van der Waals surface area contributed by atoms with Crippen LogP contribution in [0.25, 0.3) is 0 Å². The van der Waals surface area contributed by atoms with E-state index in [1.807, 2.05) is 6.20 Å². The summed E-state index contributed by atoms with van der Waals surface area (Å²) < 4.78 is 20.5. The zero-order valence-corrected chi connectivity index (χ0v) is 10.8. The molecule has 0 amide bonds. The quantitative estimate of drug-likeness (QED) is 0.855. The molecule has 0 atom stereocenters. The summed E-state index contributed by atoms with van der Waals surface area (Å²) in [5.74, 6) is -0.120. The lowest BCUT2D eigenvalue weighted by Crippen LogP contribution is -2.04. The van der Waals surface area contributed by atoms with E-state index < -0.39 is 0 Å². The Labute approximate surface area is 111 Å². The Morgan fingerprint density at radius 2 is 2.26 bits per heavy atom. The second kappa shape index (κ2) is 6.29. The minimum atomic E-state index is -0.357. The fraction of sp³-hybridized carbons (Fsp3) is 0.385. The molecule has 0 aliphatic carbocycles. The number of nitrogens with two attached hydrogens (primary N) is 1. The van der Waals surface area contributed by atoms with Crippen LogP contribution in [-0.4, -0.2) is 28.6 Å². The first-order chi connectivity index (χ1) is 9.24. The second-order valence-electron chi connectivity index (χ2n) is 4.23. The van der Waals surface area contributed by atoms with Crippen LogP contribution < -0.4 is 10.5 Å². The Kier molecular flexibility index (Phi) is 4.46. The molecule has 1 heterocycles. The zero-order chi connectivity index (χ0) is 13.7. The van der Waals surface area contributed by atoms with Gasteiger partial charge in [0.25, 0.3) is 0 Å². The van der Waals surface area contributed by atoms with E-state index in [-0.39, 0.29) is 11.6 Å². The molecule has 0 aliphatic rings. The van der Waals surface area contributed by atoms with E-state index in [0.29, 0.717) is 18.7 Å². The Bertz CT molecular complexity index is 541. The lowest BCUT2D eigenvalue weighted by atomic mass is 10.2. The predicted molar refractivity (Wildman–Crippen MR) is 69.5 cm³/mol. The monoisotopic (exact) mass is 264 g/mol. The number of rotatable bonds is 6. The predicted octanol–water partition coefficient (Wildman–Crippen LogP) is 1.37. The summed E-state index contributed by atoms with van der Waals surface area (Å²) in [5, 5.41) is 8.01. The Morgan fingerprint density at radius 3 is 3.00 bits per heavy atom. The van der Waals surface area contributed by atoms with Gasteiger partial charge in [-0.1, -0.05) is 17.3 Å². The van der Waals surface area contributed by atoms with Gasteiger partial charge in [-0.3, -0.25) is 0 Å². The molecule has 102 valence electrons. The van der Waals surface area contributed by atoms with Crippen molar-refractivity contribution in [2.75, 3.05) is 13.7 Å². The molecule has 1 aromatic heterocycles. The van der Waals surface area contributed by atoms with Gasteiger partial charge in [-0.2, -0.15) is 0 Å². The van der Waals surface area contributed by atoms with Crippen LogP contribution in [0.1, 0.15) is 17.7 Å². The fourth-order valence-corrected chi connectivity index (χ4v) is 1.82. The van der Waals surface area contributed by atoms with Gasteiger partial charge >= 0.3 is 0 Å². The van der Waals surface area contributed by atoms with Gasteiger partial charge in [0.1, 0.15) is 0 Å². The van der Waals surface area contributed by atoms with Crippen LogP contribution in [0.15, 0.2) is 24.4 Å². The molecule has 0 saturated carbocycles. The van der Waals surface area contributed by atoms with Crippen LogP contribution in [0, 0.1) is 5.82 Å². The summed E-state index contributed by atoms with van der Waals surface area (Å²) in [6.07, 6.45) is 3.47. The maximum absolute atomic E-state index is 14.0. The third-order valence-corrected chi connectivity index (χ3v) is 2.82. The average molecular weight is 264 g/mol. The van der Waals surface area contributed by atoms with Crippen molar-refractivity contribution in [2.24, 2.45) is 5.73 Å². The maximum Gasteiger partial charge on any atom is 0.170 e. The minimum Gasteiger partial charge on any atom is -0.494 e. The van der Waals surface area contributed by atoms with Gasteiger partial charge in [0.15, 0.2) is 11.6 Å². The molecule has 2 rings (SSSR count). The number of halogens is 1. The van der Waals surface area contributed by atoms with E-state index in [1.54, 1.807) is 22.9 Å². The number of aryl methyl sites for hydroxylation is 1. The van der Waals surface area contributed by atoms with E-state index in [4.69, 9.17) is 10.5 Å². The van der Waals surface area contributed by atoms with E-state index in [1.165, 1.54) is 7.11 Å². The Hall–Kier alpha value is -1.95. The zero-order valence-electron chi connectivity index (χ0n) is 10.8. The normalized spacial score (nSPS) is 10.7. The van der Waals surface area contributed by atoms with E-state index in [2.05, 4.69) is 10.3 Å². The molecular formula is C13H17FN4O. The molecule has 0 spiro atoms. The van der Waals surface area contributed by atoms with Crippen molar-refractivity contribution in [1.29, 1.82) is 0 Å². The Morgan fingerprint density at radius 1 is 1.42 bits per heavy atom. The summed E-state index contributed by atoms with van der Waals surface area (Å²) in [6.45, 7) is 0.954. The van der Waals surface area contributed by atoms with Crippen LogP contribution in [0.3, 0.4) is 0 Å². The smallest absolute Gasteiger partial charge is 0.170 e. The third kappa shape index (κ3) is 3.29. The molecule has 0 fully saturated rings. The highest BCUT2D eigenvalue weighted by atomic mass is 19.1. The van der Waals surface area contributed by atoms with Crippen molar-refractivity contribution in [3.8, 4) is 5.75 Å². The molecular weight excluding hydrogens is 247 g/mol. The van der Waals surface area contributed by atoms with Crippen molar-refractivity contribution in [3.63, 3.8) is 0 Å².